The summed E-state index contributed by atoms with van der Waals surface area (Å²) in [6.07, 6.45) is 1.50. The van der Waals surface area contributed by atoms with Crippen molar-refractivity contribution in [1.29, 1.82) is 0 Å². The normalized spacial score (nSPS) is 9.77. The maximum Gasteiger partial charge on any atom is 0.161 e. The smallest absolute Gasteiger partial charge is 0.161 e. The fourth-order valence-corrected chi connectivity index (χ4v) is 1.69. The Bertz CT molecular complexity index is 371. The second kappa shape index (κ2) is 3.83. The third-order valence-electron chi connectivity index (χ3n) is 1.66. The molecule has 0 aliphatic carbocycles. The molecule has 0 fully saturated rings. The zero-order chi connectivity index (χ0) is 10.0. The first-order valence-electron chi connectivity index (χ1n) is 3.68. The molecule has 1 aromatic rings. The maximum atomic E-state index is 12.9. The molecule has 0 saturated heterocycles. The molecule has 0 heterocycles. The number of carbonyl (C=O) groups is 1. The highest BCUT2D eigenvalue weighted by Crippen LogP contribution is 2.24. The minimum Gasteiger partial charge on any atom is -0.294 e. The van der Waals surface area contributed by atoms with Crippen molar-refractivity contribution < 1.29 is 9.18 Å². The number of benzene rings is 1. The Morgan fingerprint density at radius 1 is 1.62 bits per heavy atom. The Kier molecular flexibility index (Phi) is 2.98. The van der Waals surface area contributed by atoms with Gasteiger partial charge in [0.2, 0.25) is 0 Å². The third-order valence-corrected chi connectivity index (χ3v) is 2.55. The fraction of sp³-hybridized carbons (Fsp3) is 0.100. The molecule has 0 saturated carbocycles. The van der Waals surface area contributed by atoms with E-state index in [0.717, 1.165) is 0 Å². The summed E-state index contributed by atoms with van der Waals surface area (Å²) < 4.78 is 13.5. The van der Waals surface area contributed by atoms with Gasteiger partial charge in [0.05, 0.1) is 0 Å². The number of Topliss-reactive ketones (excluding diaryl/α,β-unsaturated/α-hetero) is 1. The number of hydrogen-bond donors (Lipinski definition) is 0. The number of carbonyl (C=O) groups excluding carboxylic acids is 1. The summed E-state index contributed by atoms with van der Waals surface area (Å²) in [4.78, 5) is 11.1. The Morgan fingerprint density at radius 2 is 2.23 bits per heavy atom. The van der Waals surface area contributed by atoms with Crippen LogP contribution in [0.3, 0.4) is 0 Å². The van der Waals surface area contributed by atoms with E-state index in [2.05, 4.69) is 22.5 Å². The monoisotopic (exact) mass is 242 g/mol. The van der Waals surface area contributed by atoms with Gasteiger partial charge >= 0.3 is 0 Å². The average molecular weight is 243 g/mol. The van der Waals surface area contributed by atoms with E-state index in [1.807, 2.05) is 0 Å². The van der Waals surface area contributed by atoms with Crippen LogP contribution in [-0.4, -0.2) is 5.78 Å². The molecular formula is C10H8BrFO. The Morgan fingerprint density at radius 3 is 2.69 bits per heavy atom. The van der Waals surface area contributed by atoms with E-state index in [1.54, 1.807) is 0 Å². The second-order valence-electron chi connectivity index (χ2n) is 2.62. The first-order chi connectivity index (χ1) is 6.06. The molecule has 0 bridgehead atoms. The van der Waals surface area contributed by atoms with Gasteiger partial charge in [0, 0.05) is 10.0 Å². The number of halogens is 2. The van der Waals surface area contributed by atoms with Crippen LogP contribution in [0.5, 0.6) is 0 Å². The molecular weight excluding hydrogens is 235 g/mol. The lowest BCUT2D eigenvalue weighted by molar-refractivity contribution is 0.101. The molecule has 0 amide bonds. The summed E-state index contributed by atoms with van der Waals surface area (Å²) in [6, 6.07) is 2.53. The summed E-state index contributed by atoms with van der Waals surface area (Å²) in [5, 5.41) is 0. The predicted octanol–water partition coefficient (Wildman–Crippen LogP) is 3.43. The van der Waals surface area contributed by atoms with Crippen LogP contribution in [-0.2, 0) is 0 Å². The largest absolute Gasteiger partial charge is 0.294 e. The van der Waals surface area contributed by atoms with Crippen LogP contribution >= 0.6 is 15.9 Å². The molecule has 0 radical (unpaired) electrons. The lowest BCUT2D eigenvalue weighted by atomic mass is 10.1. The molecule has 0 spiro atoms. The standard InChI is InChI=1S/C10H8BrFO/c1-3-7-4-8(12)5-9(6(2)13)10(7)11/h3-5H,1H2,2H3. The highest BCUT2D eigenvalue weighted by molar-refractivity contribution is 9.10. The molecule has 1 nitrogen and oxygen atoms in total. The van der Waals surface area contributed by atoms with E-state index in [9.17, 15) is 9.18 Å². The Balaban J connectivity index is 3.44. The molecule has 1 rings (SSSR count). The van der Waals surface area contributed by atoms with Gasteiger partial charge in [-0.1, -0.05) is 12.7 Å². The van der Waals surface area contributed by atoms with E-state index in [-0.39, 0.29) is 5.78 Å². The van der Waals surface area contributed by atoms with Crippen LogP contribution in [0.2, 0.25) is 0 Å². The van der Waals surface area contributed by atoms with Crippen LogP contribution in [0.1, 0.15) is 22.8 Å². The van der Waals surface area contributed by atoms with E-state index < -0.39 is 5.82 Å². The van der Waals surface area contributed by atoms with Crippen LogP contribution in [0.25, 0.3) is 6.08 Å². The summed E-state index contributed by atoms with van der Waals surface area (Å²) >= 11 is 3.22. The van der Waals surface area contributed by atoms with Gasteiger partial charge in [-0.15, -0.1) is 0 Å². The number of ketones is 1. The quantitative estimate of drug-likeness (QED) is 0.727. The SMILES string of the molecule is C=Cc1cc(F)cc(C(C)=O)c1Br. The van der Waals surface area contributed by atoms with Crippen molar-refractivity contribution in [3.05, 3.63) is 40.1 Å². The molecule has 0 atom stereocenters. The molecule has 68 valence electrons. The van der Waals surface area contributed by atoms with Crippen molar-refractivity contribution >= 4 is 27.8 Å². The molecule has 1 aromatic carbocycles. The Hall–Kier alpha value is -0.960. The van der Waals surface area contributed by atoms with Gasteiger partial charge in [-0.2, -0.15) is 0 Å². The lowest BCUT2D eigenvalue weighted by Gasteiger charge is -2.04. The van der Waals surface area contributed by atoms with Crippen molar-refractivity contribution in [3.8, 4) is 0 Å². The van der Waals surface area contributed by atoms with E-state index in [4.69, 9.17) is 0 Å². The molecule has 13 heavy (non-hydrogen) atoms. The van der Waals surface area contributed by atoms with Gasteiger partial charge in [0.15, 0.2) is 5.78 Å². The first-order valence-corrected chi connectivity index (χ1v) is 4.48. The maximum absolute atomic E-state index is 12.9. The highest BCUT2D eigenvalue weighted by Gasteiger charge is 2.09. The zero-order valence-corrected chi connectivity index (χ0v) is 8.69. The topological polar surface area (TPSA) is 17.1 Å². The lowest BCUT2D eigenvalue weighted by Crippen LogP contribution is -1.96. The first kappa shape index (κ1) is 10.1. The van der Waals surface area contributed by atoms with Crippen LogP contribution in [0, 0.1) is 5.82 Å². The van der Waals surface area contributed by atoms with Gasteiger partial charge in [-0.05, 0) is 40.5 Å². The van der Waals surface area contributed by atoms with Crippen LogP contribution in [0.4, 0.5) is 4.39 Å². The average Bonchev–Trinajstić information content (AvgIpc) is 2.08. The highest BCUT2D eigenvalue weighted by atomic mass is 79.9. The molecule has 0 aliphatic rings. The van der Waals surface area contributed by atoms with Gasteiger partial charge in [0.25, 0.3) is 0 Å². The molecule has 0 aliphatic heterocycles. The number of hydrogen-bond acceptors (Lipinski definition) is 1. The van der Waals surface area contributed by atoms with E-state index in [1.165, 1.54) is 25.1 Å². The van der Waals surface area contributed by atoms with Crippen LogP contribution in [0.15, 0.2) is 23.2 Å². The number of rotatable bonds is 2. The minimum atomic E-state index is -0.428. The summed E-state index contributed by atoms with van der Waals surface area (Å²) in [5.74, 6) is -0.599. The summed E-state index contributed by atoms with van der Waals surface area (Å²) in [7, 11) is 0. The van der Waals surface area contributed by atoms with Crippen molar-refractivity contribution in [2.45, 2.75) is 6.92 Å². The van der Waals surface area contributed by atoms with Crippen LogP contribution < -0.4 is 0 Å². The molecule has 0 unspecified atom stereocenters. The van der Waals surface area contributed by atoms with Gasteiger partial charge in [-0.3, -0.25) is 4.79 Å². The van der Waals surface area contributed by atoms with Gasteiger partial charge in [-0.25, -0.2) is 4.39 Å². The second-order valence-corrected chi connectivity index (χ2v) is 3.41. The zero-order valence-electron chi connectivity index (χ0n) is 7.10. The van der Waals surface area contributed by atoms with E-state index in [0.29, 0.717) is 15.6 Å². The fourth-order valence-electron chi connectivity index (χ4n) is 1.02. The van der Waals surface area contributed by atoms with Crippen molar-refractivity contribution in [2.24, 2.45) is 0 Å². The van der Waals surface area contributed by atoms with Gasteiger partial charge in [0.1, 0.15) is 5.82 Å². The molecule has 0 N–H and O–H groups in total. The predicted molar refractivity (Wildman–Crippen MR) is 54.2 cm³/mol. The van der Waals surface area contributed by atoms with Crippen molar-refractivity contribution in [2.75, 3.05) is 0 Å². The van der Waals surface area contributed by atoms with Gasteiger partial charge < -0.3 is 0 Å². The Labute approximate surface area is 84.4 Å². The molecule has 0 aromatic heterocycles. The summed E-state index contributed by atoms with van der Waals surface area (Å²) in [6.45, 7) is 4.92. The minimum absolute atomic E-state index is 0.172. The third kappa shape index (κ3) is 2.04. The van der Waals surface area contributed by atoms with Crippen molar-refractivity contribution in [1.82, 2.24) is 0 Å². The van der Waals surface area contributed by atoms with Crippen molar-refractivity contribution in [3.63, 3.8) is 0 Å². The molecule has 3 heteroatoms. The van der Waals surface area contributed by atoms with E-state index >= 15 is 0 Å². The summed E-state index contributed by atoms with van der Waals surface area (Å²) in [5.41, 5.74) is 0.931.